The molecule has 2 aromatic carbocycles. The fourth-order valence-corrected chi connectivity index (χ4v) is 4.68. The number of anilines is 1. The summed E-state index contributed by atoms with van der Waals surface area (Å²) < 4.78 is 12.0. The van der Waals surface area contributed by atoms with Crippen molar-refractivity contribution in [2.45, 2.75) is 44.2 Å². The number of hydrogen-bond donors (Lipinski definition) is 0. The molecule has 1 aliphatic heterocycles. The Bertz CT molecular complexity index is 1330. The maximum atomic E-state index is 13.4. The lowest BCUT2D eigenvalue weighted by molar-refractivity contribution is 0.0226. The molecule has 3 aromatic rings. The molecule has 0 saturated carbocycles. The zero-order valence-electron chi connectivity index (χ0n) is 24.0. The van der Waals surface area contributed by atoms with Crippen LogP contribution in [0.3, 0.4) is 0 Å². The molecule has 4 rings (SSSR count). The molecule has 1 aromatic heterocycles. The Kier molecular flexibility index (Phi) is 9.19. The number of aromatic nitrogens is 2. The van der Waals surface area contributed by atoms with Crippen molar-refractivity contribution in [2.75, 3.05) is 44.9 Å². The van der Waals surface area contributed by atoms with Gasteiger partial charge in [-0.2, -0.15) is 0 Å². The molecule has 10 heteroatoms. The van der Waals surface area contributed by atoms with Gasteiger partial charge in [-0.3, -0.25) is 4.79 Å². The van der Waals surface area contributed by atoms with E-state index in [4.69, 9.17) is 9.47 Å². The predicted molar refractivity (Wildman–Crippen MR) is 157 cm³/mol. The summed E-state index contributed by atoms with van der Waals surface area (Å²) in [5.41, 5.74) is 1.78. The van der Waals surface area contributed by atoms with E-state index in [0.717, 1.165) is 11.1 Å². The van der Waals surface area contributed by atoms with E-state index < -0.39 is 17.8 Å². The molecule has 2 amide bonds. The highest BCUT2D eigenvalue weighted by molar-refractivity contribution is 7.98. The van der Waals surface area contributed by atoms with Gasteiger partial charge in [0.2, 0.25) is 0 Å². The lowest BCUT2D eigenvalue weighted by atomic mass is 10.1. The van der Waals surface area contributed by atoms with Gasteiger partial charge in [-0.15, -0.1) is 0 Å². The van der Waals surface area contributed by atoms with Crippen molar-refractivity contribution in [2.24, 2.45) is 0 Å². The quantitative estimate of drug-likeness (QED) is 0.270. The standard InChI is InChI=1S/C30H37N5O4S/c1-30(2,3)39-29(37)34(5)20-25(22-12-8-7-9-13-22)38-23-14-10-11-21(17-23)19-35-16-15-33(4)26-24(27(35)36)18-31-28(32-26)40-6/h7-14,17-18,25H,15-16,19-20H2,1-6H3. The van der Waals surface area contributed by atoms with Crippen LogP contribution in [-0.4, -0.2) is 77.4 Å². The fourth-order valence-electron chi connectivity index (χ4n) is 4.34. The summed E-state index contributed by atoms with van der Waals surface area (Å²) in [6.45, 7) is 7.46. The molecule has 40 heavy (non-hydrogen) atoms. The van der Waals surface area contributed by atoms with Crippen LogP contribution in [0.15, 0.2) is 66.0 Å². The second-order valence-corrected chi connectivity index (χ2v) is 11.5. The number of fused-ring (bicyclic) bond motifs is 1. The van der Waals surface area contributed by atoms with Crippen molar-refractivity contribution < 1.29 is 19.1 Å². The van der Waals surface area contributed by atoms with E-state index in [1.54, 1.807) is 13.2 Å². The summed E-state index contributed by atoms with van der Waals surface area (Å²) in [4.78, 5) is 40.3. The number of carbonyl (C=O) groups is 2. The number of likely N-dealkylation sites (N-methyl/N-ethyl adjacent to an activating group) is 2. The van der Waals surface area contributed by atoms with Crippen LogP contribution in [0.25, 0.3) is 0 Å². The predicted octanol–water partition coefficient (Wildman–Crippen LogP) is 5.28. The second-order valence-electron chi connectivity index (χ2n) is 10.8. The Hall–Kier alpha value is -3.79. The summed E-state index contributed by atoms with van der Waals surface area (Å²) in [7, 11) is 3.65. The van der Waals surface area contributed by atoms with E-state index >= 15 is 0 Å². The van der Waals surface area contributed by atoms with Crippen LogP contribution in [0.1, 0.15) is 48.4 Å². The van der Waals surface area contributed by atoms with Crippen LogP contribution in [0.5, 0.6) is 5.75 Å². The van der Waals surface area contributed by atoms with E-state index in [1.807, 2.05) is 98.5 Å². The van der Waals surface area contributed by atoms with Crippen molar-refractivity contribution in [1.29, 1.82) is 0 Å². The first-order chi connectivity index (χ1) is 19.0. The molecule has 0 fully saturated rings. The van der Waals surface area contributed by atoms with E-state index in [9.17, 15) is 9.59 Å². The van der Waals surface area contributed by atoms with Gasteiger partial charge in [0, 0.05) is 39.9 Å². The van der Waals surface area contributed by atoms with E-state index in [2.05, 4.69) is 9.97 Å². The third-order valence-corrected chi connectivity index (χ3v) is 6.94. The minimum absolute atomic E-state index is 0.0977. The number of rotatable bonds is 8. The van der Waals surface area contributed by atoms with Crippen molar-refractivity contribution in [3.63, 3.8) is 0 Å². The monoisotopic (exact) mass is 563 g/mol. The molecule has 0 spiro atoms. The first-order valence-electron chi connectivity index (χ1n) is 13.2. The largest absolute Gasteiger partial charge is 0.484 e. The third kappa shape index (κ3) is 7.44. The van der Waals surface area contributed by atoms with Gasteiger partial charge in [0.1, 0.15) is 28.8 Å². The number of ether oxygens (including phenoxy) is 2. The molecular weight excluding hydrogens is 526 g/mol. The highest BCUT2D eigenvalue weighted by Crippen LogP contribution is 2.27. The van der Waals surface area contributed by atoms with Gasteiger partial charge < -0.3 is 24.2 Å². The number of thioether (sulfide) groups is 1. The average molecular weight is 564 g/mol. The molecule has 1 atom stereocenters. The van der Waals surface area contributed by atoms with Crippen LogP contribution in [0.2, 0.25) is 0 Å². The topological polar surface area (TPSA) is 88.1 Å². The molecule has 9 nitrogen and oxygen atoms in total. The Morgan fingerprint density at radius 2 is 1.88 bits per heavy atom. The van der Waals surface area contributed by atoms with Crippen LogP contribution in [-0.2, 0) is 11.3 Å². The van der Waals surface area contributed by atoms with Crippen molar-refractivity contribution in [3.05, 3.63) is 77.5 Å². The number of hydrogen-bond acceptors (Lipinski definition) is 8. The van der Waals surface area contributed by atoms with Crippen LogP contribution >= 0.6 is 11.8 Å². The lowest BCUT2D eigenvalue weighted by Gasteiger charge is -2.28. The lowest BCUT2D eigenvalue weighted by Crippen LogP contribution is -2.37. The van der Waals surface area contributed by atoms with Gasteiger partial charge in [-0.05, 0) is 50.3 Å². The van der Waals surface area contributed by atoms with Gasteiger partial charge in [0.15, 0.2) is 5.16 Å². The maximum absolute atomic E-state index is 13.4. The summed E-state index contributed by atoms with van der Waals surface area (Å²) >= 11 is 1.45. The molecule has 212 valence electrons. The molecular formula is C30H37N5O4S. The summed E-state index contributed by atoms with van der Waals surface area (Å²) in [6, 6.07) is 17.5. The maximum Gasteiger partial charge on any atom is 0.410 e. The zero-order valence-corrected chi connectivity index (χ0v) is 24.8. The van der Waals surface area contributed by atoms with Crippen molar-refractivity contribution >= 4 is 29.6 Å². The normalized spacial score (nSPS) is 14.3. The smallest absolute Gasteiger partial charge is 0.410 e. The van der Waals surface area contributed by atoms with E-state index in [1.165, 1.54) is 16.7 Å². The second kappa shape index (κ2) is 12.6. The molecule has 0 aliphatic carbocycles. The summed E-state index contributed by atoms with van der Waals surface area (Å²) in [5, 5.41) is 0.641. The first-order valence-corrected chi connectivity index (χ1v) is 14.4. The Balaban J connectivity index is 1.52. The molecule has 1 aliphatic rings. The van der Waals surface area contributed by atoms with Gasteiger partial charge >= 0.3 is 6.09 Å². The fraction of sp³-hybridized carbons (Fsp3) is 0.400. The Labute approximate surface area is 240 Å². The molecule has 2 heterocycles. The Morgan fingerprint density at radius 1 is 1.12 bits per heavy atom. The number of benzene rings is 2. The van der Waals surface area contributed by atoms with Crippen LogP contribution < -0.4 is 9.64 Å². The van der Waals surface area contributed by atoms with E-state index in [0.29, 0.717) is 48.5 Å². The highest BCUT2D eigenvalue weighted by Gasteiger charge is 2.28. The molecule has 0 bridgehead atoms. The Morgan fingerprint density at radius 3 is 2.58 bits per heavy atom. The molecule has 1 unspecified atom stereocenters. The number of amides is 2. The minimum Gasteiger partial charge on any atom is -0.484 e. The third-order valence-electron chi connectivity index (χ3n) is 6.38. The van der Waals surface area contributed by atoms with Crippen molar-refractivity contribution in [1.82, 2.24) is 19.8 Å². The van der Waals surface area contributed by atoms with Gasteiger partial charge in [-0.1, -0.05) is 54.2 Å². The molecule has 0 N–H and O–H groups in total. The highest BCUT2D eigenvalue weighted by atomic mass is 32.2. The molecule has 0 radical (unpaired) electrons. The van der Waals surface area contributed by atoms with Crippen LogP contribution in [0.4, 0.5) is 10.6 Å². The van der Waals surface area contributed by atoms with E-state index in [-0.39, 0.29) is 5.91 Å². The van der Waals surface area contributed by atoms with Gasteiger partial charge in [0.25, 0.3) is 5.91 Å². The first kappa shape index (κ1) is 29.2. The number of nitrogens with zero attached hydrogens (tertiary/aromatic N) is 5. The SMILES string of the molecule is CSc1ncc2c(n1)N(C)CCN(Cc1cccc(OC(CN(C)C(=O)OC(C)(C)C)c3ccccc3)c1)C2=O. The van der Waals surface area contributed by atoms with Crippen molar-refractivity contribution in [3.8, 4) is 5.75 Å². The van der Waals surface area contributed by atoms with Gasteiger partial charge in [-0.25, -0.2) is 14.8 Å². The summed E-state index contributed by atoms with van der Waals surface area (Å²) in [6.07, 6.45) is 2.71. The number of carbonyl (C=O) groups excluding carboxylic acids is 2. The van der Waals surface area contributed by atoms with Crippen LogP contribution in [0, 0.1) is 0 Å². The minimum atomic E-state index is -0.591. The average Bonchev–Trinajstić information content (AvgIpc) is 3.04. The molecule has 0 saturated heterocycles. The summed E-state index contributed by atoms with van der Waals surface area (Å²) in [5.74, 6) is 1.21. The van der Waals surface area contributed by atoms with Gasteiger partial charge in [0.05, 0.1) is 6.54 Å². The zero-order chi connectivity index (χ0) is 28.9.